The molecule has 1 aliphatic carbocycles. The molecule has 2 atom stereocenters. The number of carbonyl (C=O) groups is 1. The molecular weight excluding hydrogens is 289 g/mol. The average molecular weight is 313 g/mol. The summed E-state index contributed by atoms with van der Waals surface area (Å²) in [6, 6.07) is 0. The van der Waals surface area contributed by atoms with E-state index in [-0.39, 0.29) is 10.8 Å². The lowest BCUT2D eigenvalue weighted by Crippen LogP contribution is -2.37. The molecule has 1 fully saturated rings. The Morgan fingerprint density at radius 3 is 2.81 bits per heavy atom. The standard InChI is InChI=1S/C16H24FNO2S/c1-15(2,3)20-14(19)18-10-9-16(4,11-18)21-13-7-5-12(17)6-8-13/h5,7-8,12H,6,9-11H2,1-4H3/t12?,16-/m0/s1. The molecule has 0 aromatic carbocycles. The summed E-state index contributed by atoms with van der Waals surface area (Å²) in [6.45, 7) is 9.15. The van der Waals surface area contributed by atoms with Crippen LogP contribution >= 0.6 is 11.8 Å². The molecule has 1 heterocycles. The highest BCUT2D eigenvalue weighted by Crippen LogP contribution is 2.41. The molecule has 118 valence electrons. The minimum Gasteiger partial charge on any atom is -0.444 e. The maximum atomic E-state index is 13.1. The molecule has 3 nitrogen and oxygen atoms in total. The quantitative estimate of drug-likeness (QED) is 0.761. The van der Waals surface area contributed by atoms with E-state index in [9.17, 15) is 9.18 Å². The fraction of sp³-hybridized carbons (Fsp3) is 0.688. The van der Waals surface area contributed by atoms with Crippen LogP contribution in [0.5, 0.6) is 0 Å². The number of likely N-dealkylation sites (tertiary alicyclic amines) is 1. The van der Waals surface area contributed by atoms with Crippen LogP contribution < -0.4 is 0 Å². The van der Waals surface area contributed by atoms with E-state index >= 15 is 0 Å². The van der Waals surface area contributed by atoms with Gasteiger partial charge in [0.05, 0.1) is 0 Å². The van der Waals surface area contributed by atoms with Gasteiger partial charge < -0.3 is 9.64 Å². The lowest BCUT2D eigenvalue weighted by atomic mass is 10.1. The van der Waals surface area contributed by atoms with Crippen molar-refractivity contribution in [3.8, 4) is 0 Å². The lowest BCUT2D eigenvalue weighted by Gasteiger charge is -2.27. The molecule has 0 saturated carbocycles. The summed E-state index contributed by atoms with van der Waals surface area (Å²) in [7, 11) is 0. The summed E-state index contributed by atoms with van der Waals surface area (Å²) < 4.78 is 18.5. The number of rotatable bonds is 2. The highest BCUT2D eigenvalue weighted by molar-refractivity contribution is 8.04. The Morgan fingerprint density at radius 2 is 2.24 bits per heavy atom. The Bertz CT molecular complexity index is 469. The van der Waals surface area contributed by atoms with Gasteiger partial charge in [0.25, 0.3) is 0 Å². The van der Waals surface area contributed by atoms with Crippen molar-refractivity contribution in [3.05, 3.63) is 23.1 Å². The number of hydrogen-bond acceptors (Lipinski definition) is 3. The van der Waals surface area contributed by atoms with E-state index < -0.39 is 11.8 Å². The van der Waals surface area contributed by atoms with Crippen molar-refractivity contribution < 1.29 is 13.9 Å². The largest absolute Gasteiger partial charge is 0.444 e. The van der Waals surface area contributed by atoms with E-state index in [0.717, 1.165) is 11.3 Å². The van der Waals surface area contributed by atoms with Gasteiger partial charge in [0.15, 0.2) is 0 Å². The molecule has 1 aliphatic heterocycles. The Balaban J connectivity index is 1.91. The van der Waals surface area contributed by atoms with Crippen LogP contribution in [0.1, 0.15) is 40.5 Å². The first-order chi connectivity index (χ1) is 9.67. The second-order valence-electron chi connectivity index (χ2n) is 6.92. The fourth-order valence-electron chi connectivity index (χ4n) is 2.43. The highest BCUT2D eigenvalue weighted by Gasteiger charge is 2.38. The minimum atomic E-state index is -0.857. The van der Waals surface area contributed by atoms with Crippen molar-refractivity contribution in [1.82, 2.24) is 4.90 Å². The van der Waals surface area contributed by atoms with E-state index in [1.165, 1.54) is 0 Å². The van der Waals surface area contributed by atoms with Gasteiger partial charge in [0, 0.05) is 29.2 Å². The maximum absolute atomic E-state index is 13.1. The van der Waals surface area contributed by atoms with E-state index in [2.05, 4.69) is 6.92 Å². The number of carbonyl (C=O) groups excluding carboxylic acids is 1. The topological polar surface area (TPSA) is 29.5 Å². The van der Waals surface area contributed by atoms with Gasteiger partial charge in [0.1, 0.15) is 11.8 Å². The summed E-state index contributed by atoms with van der Waals surface area (Å²) in [6.07, 6.45) is 5.66. The van der Waals surface area contributed by atoms with Gasteiger partial charge in [-0.2, -0.15) is 0 Å². The van der Waals surface area contributed by atoms with E-state index in [0.29, 0.717) is 19.5 Å². The van der Waals surface area contributed by atoms with Gasteiger partial charge in [-0.3, -0.25) is 0 Å². The molecule has 0 radical (unpaired) electrons. The SMILES string of the molecule is CC(C)(C)OC(=O)N1CC[C@](C)(SC2=CCC(F)C=C2)C1. The smallest absolute Gasteiger partial charge is 0.410 e. The number of nitrogens with zero attached hydrogens (tertiary/aromatic N) is 1. The third-order valence-corrected chi connectivity index (χ3v) is 4.83. The molecule has 0 N–H and O–H groups in total. The van der Waals surface area contributed by atoms with Crippen molar-refractivity contribution >= 4 is 17.9 Å². The maximum Gasteiger partial charge on any atom is 0.410 e. The summed E-state index contributed by atoms with van der Waals surface area (Å²) in [5, 5.41) is 0. The van der Waals surface area contributed by atoms with Gasteiger partial charge in [-0.15, -0.1) is 11.8 Å². The zero-order valence-corrected chi connectivity index (χ0v) is 14.0. The van der Waals surface area contributed by atoms with Crippen LogP contribution in [0.3, 0.4) is 0 Å². The molecular formula is C16H24FNO2S. The fourth-order valence-corrected chi connectivity index (χ4v) is 3.74. The van der Waals surface area contributed by atoms with Crippen LogP contribution in [0.15, 0.2) is 23.1 Å². The zero-order valence-electron chi connectivity index (χ0n) is 13.2. The van der Waals surface area contributed by atoms with E-state index in [1.807, 2.05) is 32.9 Å². The zero-order chi connectivity index (χ0) is 15.7. The third kappa shape index (κ3) is 4.77. The number of allylic oxidation sites excluding steroid dienone is 3. The minimum absolute atomic E-state index is 0.0315. The van der Waals surface area contributed by atoms with Crippen LogP contribution in [0.4, 0.5) is 9.18 Å². The number of halogens is 1. The van der Waals surface area contributed by atoms with E-state index in [1.54, 1.807) is 22.7 Å². The molecule has 21 heavy (non-hydrogen) atoms. The first-order valence-electron chi connectivity index (χ1n) is 7.36. The molecule has 1 saturated heterocycles. The first kappa shape index (κ1) is 16.4. The van der Waals surface area contributed by atoms with Crippen LogP contribution in [-0.4, -0.2) is 40.6 Å². The van der Waals surface area contributed by atoms with Crippen LogP contribution in [0, 0.1) is 0 Å². The van der Waals surface area contributed by atoms with Crippen LogP contribution in [0.25, 0.3) is 0 Å². The van der Waals surface area contributed by atoms with E-state index in [4.69, 9.17) is 4.74 Å². The monoisotopic (exact) mass is 313 g/mol. The summed E-state index contributed by atoms with van der Waals surface area (Å²) >= 11 is 1.73. The van der Waals surface area contributed by atoms with Crippen LogP contribution in [0.2, 0.25) is 0 Å². The Labute approximate surface area is 130 Å². The normalized spacial score (nSPS) is 29.5. The number of ether oxygens (including phenoxy) is 1. The predicted octanol–water partition coefficient (Wildman–Crippen LogP) is 4.30. The van der Waals surface area contributed by atoms with Crippen molar-refractivity contribution in [1.29, 1.82) is 0 Å². The summed E-state index contributed by atoms with van der Waals surface area (Å²) in [5.41, 5.74) is -0.464. The molecule has 0 aromatic rings. The van der Waals surface area contributed by atoms with Crippen LogP contribution in [-0.2, 0) is 4.74 Å². The van der Waals surface area contributed by atoms with Gasteiger partial charge in [-0.25, -0.2) is 9.18 Å². The lowest BCUT2D eigenvalue weighted by molar-refractivity contribution is 0.0291. The Hall–Kier alpha value is -0.970. The Morgan fingerprint density at radius 1 is 1.52 bits per heavy atom. The van der Waals surface area contributed by atoms with Gasteiger partial charge in [-0.1, -0.05) is 12.2 Å². The number of amides is 1. The number of thioether (sulfide) groups is 1. The molecule has 1 unspecified atom stereocenters. The van der Waals surface area contributed by atoms with Gasteiger partial charge in [-0.05, 0) is 40.2 Å². The highest BCUT2D eigenvalue weighted by atomic mass is 32.2. The number of hydrogen-bond donors (Lipinski definition) is 0. The molecule has 2 rings (SSSR count). The van der Waals surface area contributed by atoms with Crippen molar-refractivity contribution in [2.75, 3.05) is 13.1 Å². The molecule has 0 aromatic heterocycles. The first-order valence-corrected chi connectivity index (χ1v) is 8.18. The second-order valence-corrected chi connectivity index (χ2v) is 8.58. The molecule has 2 aliphatic rings. The van der Waals surface area contributed by atoms with Gasteiger partial charge >= 0.3 is 6.09 Å². The summed E-state index contributed by atoms with van der Waals surface area (Å²) in [5.74, 6) is 0. The Kier molecular flexibility index (Phi) is 4.71. The van der Waals surface area contributed by atoms with Crippen molar-refractivity contribution in [3.63, 3.8) is 0 Å². The molecule has 0 bridgehead atoms. The van der Waals surface area contributed by atoms with Crippen molar-refractivity contribution in [2.24, 2.45) is 0 Å². The average Bonchev–Trinajstić information content (AvgIpc) is 2.73. The molecule has 1 amide bonds. The summed E-state index contributed by atoms with van der Waals surface area (Å²) in [4.78, 5) is 15.0. The third-order valence-electron chi connectivity index (χ3n) is 3.47. The second kappa shape index (κ2) is 6.03. The van der Waals surface area contributed by atoms with Crippen molar-refractivity contribution in [2.45, 2.75) is 57.1 Å². The molecule has 5 heteroatoms. The van der Waals surface area contributed by atoms with Gasteiger partial charge in [0.2, 0.25) is 0 Å². The molecule has 0 spiro atoms. The number of alkyl halides is 1. The predicted molar refractivity (Wildman–Crippen MR) is 85.2 cm³/mol.